The van der Waals surface area contributed by atoms with Crippen molar-refractivity contribution in [2.24, 2.45) is 0 Å². The quantitative estimate of drug-likeness (QED) is 0.221. The lowest BCUT2D eigenvalue weighted by Gasteiger charge is -2.22. The van der Waals surface area contributed by atoms with E-state index in [1.54, 1.807) is 0 Å². The first-order chi connectivity index (χ1) is 19.4. The van der Waals surface area contributed by atoms with Crippen molar-refractivity contribution in [1.82, 2.24) is 9.55 Å². The summed E-state index contributed by atoms with van der Waals surface area (Å²) < 4.78 is 2.26. The molecule has 0 fully saturated rings. The van der Waals surface area contributed by atoms with Gasteiger partial charge in [0, 0.05) is 18.0 Å². The third kappa shape index (κ3) is 5.63. The Hall–Kier alpha value is -4.42. The van der Waals surface area contributed by atoms with Crippen LogP contribution in [0.4, 0.5) is 0 Å². The molecular formula is C37H39N3. The Morgan fingerprint density at radius 2 is 1.45 bits per heavy atom. The van der Waals surface area contributed by atoms with Gasteiger partial charge < -0.3 is 0 Å². The summed E-state index contributed by atoms with van der Waals surface area (Å²) in [6.45, 7) is 14.9. The highest BCUT2D eigenvalue weighted by Gasteiger charge is 2.19. The van der Waals surface area contributed by atoms with Gasteiger partial charge in [0.25, 0.3) is 0 Å². The predicted octanol–water partition coefficient (Wildman–Crippen LogP) is 10.1. The van der Waals surface area contributed by atoms with E-state index in [9.17, 15) is 5.26 Å². The minimum Gasteiger partial charge on any atom is -0.299 e. The first kappa shape index (κ1) is 28.6. The van der Waals surface area contributed by atoms with Crippen molar-refractivity contribution in [3.05, 3.63) is 119 Å². The number of aryl methyl sites for hydroxylation is 3. The van der Waals surface area contributed by atoms with Gasteiger partial charge in [0.1, 0.15) is 5.82 Å². The molecule has 40 heavy (non-hydrogen) atoms. The molecule has 1 heterocycles. The Morgan fingerprint density at radius 3 is 2.08 bits per heavy atom. The fourth-order valence-corrected chi connectivity index (χ4v) is 5.51. The fraction of sp³-hybridized carbons (Fsp3) is 0.243. The number of hydrogen-bond donors (Lipinski definition) is 0. The Bertz CT molecular complexity index is 1630. The standard InChI is InChI=1S/C35H33N3.C2H6/c1-6-27-19-31(28-11-8-7-9-12-28)21-32(23(2)3)34(27)38-16-15-37-35(38)30-14-10-13-29(20-30)33-24(4)17-26(22-36)18-25(33)5;1-2/h7-21,23H,6H2,1-5H3;1-2H3. The van der Waals surface area contributed by atoms with Crippen LogP contribution in [0.15, 0.2) is 91.3 Å². The van der Waals surface area contributed by atoms with Crippen LogP contribution in [0.2, 0.25) is 0 Å². The Labute approximate surface area is 239 Å². The highest BCUT2D eigenvalue weighted by atomic mass is 15.1. The largest absolute Gasteiger partial charge is 0.299 e. The predicted molar refractivity (Wildman–Crippen MR) is 169 cm³/mol. The molecule has 4 aromatic carbocycles. The number of benzene rings is 4. The molecule has 0 saturated heterocycles. The number of imidazole rings is 1. The maximum absolute atomic E-state index is 9.38. The summed E-state index contributed by atoms with van der Waals surface area (Å²) in [5, 5.41) is 9.38. The molecule has 0 aliphatic rings. The summed E-state index contributed by atoms with van der Waals surface area (Å²) in [6, 6.07) is 30.1. The highest BCUT2D eigenvalue weighted by Crippen LogP contribution is 2.36. The molecule has 0 aliphatic carbocycles. The van der Waals surface area contributed by atoms with E-state index in [1.807, 2.05) is 32.2 Å². The molecule has 1 aromatic heterocycles. The summed E-state index contributed by atoms with van der Waals surface area (Å²) in [5.41, 5.74) is 12.6. The zero-order chi connectivity index (χ0) is 28.8. The molecule has 0 unspecified atom stereocenters. The lowest BCUT2D eigenvalue weighted by atomic mass is 9.91. The van der Waals surface area contributed by atoms with Gasteiger partial charge in [-0.2, -0.15) is 5.26 Å². The van der Waals surface area contributed by atoms with Crippen LogP contribution < -0.4 is 0 Å². The Morgan fingerprint density at radius 1 is 0.800 bits per heavy atom. The van der Waals surface area contributed by atoms with Crippen molar-refractivity contribution in [3.63, 3.8) is 0 Å². The minimum atomic E-state index is 0.351. The fourth-order valence-electron chi connectivity index (χ4n) is 5.51. The second kappa shape index (κ2) is 12.6. The molecule has 0 spiro atoms. The number of nitriles is 1. The topological polar surface area (TPSA) is 41.6 Å². The molecule has 0 N–H and O–H groups in total. The van der Waals surface area contributed by atoms with Crippen LogP contribution >= 0.6 is 0 Å². The van der Waals surface area contributed by atoms with E-state index in [-0.39, 0.29) is 0 Å². The van der Waals surface area contributed by atoms with E-state index in [2.05, 4.69) is 118 Å². The summed E-state index contributed by atoms with van der Waals surface area (Å²) in [5.74, 6) is 1.28. The average Bonchev–Trinajstić information content (AvgIpc) is 3.47. The van der Waals surface area contributed by atoms with E-state index >= 15 is 0 Å². The van der Waals surface area contributed by atoms with Crippen LogP contribution in [0.5, 0.6) is 0 Å². The second-order valence-corrected chi connectivity index (χ2v) is 10.2. The van der Waals surface area contributed by atoms with Crippen LogP contribution in [0, 0.1) is 25.2 Å². The number of nitrogens with zero attached hydrogens (tertiary/aromatic N) is 3. The normalized spacial score (nSPS) is 10.7. The molecule has 3 nitrogen and oxygen atoms in total. The zero-order valence-corrected chi connectivity index (χ0v) is 24.8. The van der Waals surface area contributed by atoms with Crippen LogP contribution in [0.25, 0.3) is 39.3 Å². The third-order valence-electron chi connectivity index (χ3n) is 7.28. The monoisotopic (exact) mass is 525 g/mol. The van der Waals surface area contributed by atoms with E-state index in [0.29, 0.717) is 11.5 Å². The van der Waals surface area contributed by atoms with E-state index in [0.717, 1.165) is 34.5 Å². The van der Waals surface area contributed by atoms with Gasteiger partial charge in [0.15, 0.2) is 0 Å². The lowest BCUT2D eigenvalue weighted by Crippen LogP contribution is -2.07. The van der Waals surface area contributed by atoms with E-state index in [1.165, 1.54) is 33.5 Å². The molecule has 5 aromatic rings. The maximum Gasteiger partial charge on any atom is 0.144 e. The first-order valence-electron chi connectivity index (χ1n) is 14.3. The second-order valence-electron chi connectivity index (χ2n) is 10.2. The van der Waals surface area contributed by atoms with Crippen LogP contribution in [-0.4, -0.2) is 9.55 Å². The maximum atomic E-state index is 9.38. The highest BCUT2D eigenvalue weighted by molar-refractivity contribution is 5.77. The molecule has 0 amide bonds. The molecule has 0 bridgehead atoms. The van der Waals surface area contributed by atoms with Gasteiger partial charge in [-0.15, -0.1) is 0 Å². The van der Waals surface area contributed by atoms with E-state index < -0.39 is 0 Å². The SMILES string of the molecule is CC.CCc1cc(-c2ccccc2)cc(C(C)C)c1-n1ccnc1-c1cccc(-c2c(C)cc(C#N)cc2C)c1. The summed E-state index contributed by atoms with van der Waals surface area (Å²) in [6.07, 6.45) is 4.91. The molecule has 0 aliphatic heterocycles. The van der Waals surface area contributed by atoms with Crippen molar-refractivity contribution < 1.29 is 0 Å². The van der Waals surface area contributed by atoms with Crippen molar-refractivity contribution >= 4 is 0 Å². The molecule has 0 saturated carbocycles. The van der Waals surface area contributed by atoms with Gasteiger partial charge in [-0.05, 0) is 101 Å². The smallest absolute Gasteiger partial charge is 0.144 e. The third-order valence-corrected chi connectivity index (χ3v) is 7.28. The van der Waals surface area contributed by atoms with Gasteiger partial charge in [-0.3, -0.25) is 4.57 Å². The molecule has 5 rings (SSSR count). The Kier molecular flexibility index (Phi) is 9.02. The molecule has 3 heteroatoms. The Balaban J connectivity index is 0.00000181. The first-order valence-corrected chi connectivity index (χ1v) is 14.3. The zero-order valence-electron chi connectivity index (χ0n) is 24.8. The molecule has 0 atom stereocenters. The summed E-state index contributed by atoms with van der Waals surface area (Å²) >= 11 is 0. The number of aromatic nitrogens is 2. The van der Waals surface area contributed by atoms with Gasteiger partial charge in [-0.1, -0.05) is 83.1 Å². The van der Waals surface area contributed by atoms with Crippen LogP contribution in [0.1, 0.15) is 68.4 Å². The van der Waals surface area contributed by atoms with Crippen LogP contribution in [-0.2, 0) is 6.42 Å². The lowest BCUT2D eigenvalue weighted by molar-refractivity contribution is 0.839. The number of hydrogen-bond acceptors (Lipinski definition) is 2. The minimum absolute atomic E-state index is 0.351. The van der Waals surface area contributed by atoms with E-state index in [4.69, 9.17) is 4.98 Å². The summed E-state index contributed by atoms with van der Waals surface area (Å²) in [4.78, 5) is 4.85. The molecule has 0 radical (unpaired) electrons. The van der Waals surface area contributed by atoms with Crippen molar-refractivity contribution in [3.8, 4) is 45.4 Å². The molecule has 202 valence electrons. The van der Waals surface area contributed by atoms with Gasteiger partial charge in [-0.25, -0.2) is 4.98 Å². The summed E-state index contributed by atoms with van der Waals surface area (Å²) in [7, 11) is 0. The van der Waals surface area contributed by atoms with Crippen molar-refractivity contribution in [2.75, 3.05) is 0 Å². The average molecular weight is 526 g/mol. The van der Waals surface area contributed by atoms with Gasteiger partial charge in [0.05, 0.1) is 17.3 Å². The van der Waals surface area contributed by atoms with Crippen LogP contribution in [0.3, 0.4) is 0 Å². The van der Waals surface area contributed by atoms with Crippen molar-refractivity contribution in [2.45, 2.75) is 60.8 Å². The van der Waals surface area contributed by atoms with Gasteiger partial charge in [0.2, 0.25) is 0 Å². The van der Waals surface area contributed by atoms with Gasteiger partial charge >= 0.3 is 0 Å². The molecular weight excluding hydrogens is 486 g/mol. The van der Waals surface area contributed by atoms with Crippen molar-refractivity contribution in [1.29, 1.82) is 5.26 Å². The number of rotatable bonds is 6.